The summed E-state index contributed by atoms with van der Waals surface area (Å²) in [6, 6.07) is 0. The molecule has 5 nitrogen and oxygen atoms in total. The van der Waals surface area contributed by atoms with Crippen LogP contribution in [0.2, 0.25) is 0 Å². The lowest BCUT2D eigenvalue weighted by atomic mass is 10.4. The number of aromatic nitrogens is 2. The molecule has 1 heterocycles. The average Bonchev–Trinajstić information content (AvgIpc) is 2.30. The minimum Gasteiger partial charge on any atom is -0.474 e. The van der Waals surface area contributed by atoms with E-state index in [1.54, 1.807) is 0 Å². The van der Waals surface area contributed by atoms with Crippen LogP contribution in [-0.4, -0.2) is 21.2 Å². The van der Waals surface area contributed by atoms with Gasteiger partial charge >= 0.3 is 17.8 Å². The van der Waals surface area contributed by atoms with Crippen molar-refractivity contribution in [3.63, 3.8) is 0 Å². The lowest BCUT2D eigenvalue weighted by molar-refractivity contribution is 0.00557. The number of carboxylic acid groups (broad SMARTS) is 1. The second kappa shape index (κ2) is 2.50. The van der Waals surface area contributed by atoms with Crippen molar-refractivity contribution in [1.29, 1.82) is 0 Å². The molecule has 0 atom stereocenters. The fourth-order valence-corrected chi connectivity index (χ4v) is 0.489. The van der Waals surface area contributed by atoms with Crippen molar-refractivity contribution in [2.45, 2.75) is 12.8 Å². The van der Waals surface area contributed by atoms with Crippen molar-refractivity contribution in [3.05, 3.63) is 11.7 Å². The highest BCUT2D eigenvalue weighted by atomic mass is 19.3. The van der Waals surface area contributed by atoms with Gasteiger partial charge in [-0.2, -0.15) is 13.8 Å². The Kier molecular flexibility index (Phi) is 1.79. The number of rotatable bonds is 2. The quantitative estimate of drug-likeness (QED) is 0.727. The number of carbonyl (C=O) groups is 1. The third-order valence-electron chi connectivity index (χ3n) is 1.00. The Morgan fingerprint density at radius 3 is 2.50 bits per heavy atom. The molecule has 0 spiro atoms. The summed E-state index contributed by atoms with van der Waals surface area (Å²) in [4.78, 5) is 13.1. The van der Waals surface area contributed by atoms with Crippen LogP contribution < -0.4 is 0 Å². The molecule has 0 amide bonds. The number of hydrogen-bond acceptors (Lipinski definition) is 4. The molecule has 0 radical (unpaired) electrons. The fraction of sp³-hybridized carbons (Fsp3) is 0.400. The molecule has 0 aliphatic heterocycles. The normalized spacial score (nSPS) is 11.6. The average molecular weight is 178 g/mol. The number of hydrogen-bond donors (Lipinski definition) is 1. The Bertz CT molecular complexity index is 304. The first kappa shape index (κ1) is 8.57. The lowest BCUT2D eigenvalue weighted by Crippen LogP contribution is -2.09. The van der Waals surface area contributed by atoms with E-state index in [-0.39, 0.29) is 0 Å². The molecule has 0 aliphatic rings. The summed E-state index contributed by atoms with van der Waals surface area (Å²) in [6.45, 7) is 0.545. The van der Waals surface area contributed by atoms with E-state index in [2.05, 4.69) is 14.7 Å². The summed E-state index contributed by atoms with van der Waals surface area (Å²) in [5, 5.41) is 11.0. The molecule has 1 rings (SSSR count). The van der Waals surface area contributed by atoms with Crippen molar-refractivity contribution in [2.24, 2.45) is 0 Å². The van der Waals surface area contributed by atoms with Gasteiger partial charge in [-0.05, 0) is 0 Å². The molecule has 0 saturated carbocycles. The minimum atomic E-state index is -3.28. The Labute approximate surface area is 65.0 Å². The largest absolute Gasteiger partial charge is 0.474 e. The van der Waals surface area contributed by atoms with E-state index < -0.39 is 23.6 Å². The lowest BCUT2D eigenvalue weighted by Gasteiger charge is -2.00. The van der Waals surface area contributed by atoms with Crippen LogP contribution in [0.25, 0.3) is 0 Å². The van der Waals surface area contributed by atoms with Gasteiger partial charge in [0.2, 0.25) is 5.82 Å². The molecule has 0 aromatic carbocycles. The van der Waals surface area contributed by atoms with Crippen molar-refractivity contribution >= 4 is 5.97 Å². The molecule has 0 unspecified atom stereocenters. The van der Waals surface area contributed by atoms with E-state index in [1.807, 2.05) is 0 Å². The molecule has 0 fully saturated rings. The van der Waals surface area contributed by atoms with E-state index in [9.17, 15) is 13.6 Å². The molecule has 1 N–H and O–H groups in total. The topological polar surface area (TPSA) is 76.2 Å². The second-order valence-electron chi connectivity index (χ2n) is 2.12. The summed E-state index contributed by atoms with van der Waals surface area (Å²) in [5.41, 5.74) is 0. The number of halogens is 2. The third kappa shape index (κ3) is 1.55. The van der Waals surface area contributed by atoms with E-state index in [0.29, 0.717) is 6.92 Å². The highest BCUT2D eigenvalue weighted by Gasteiger charge is 2.32. The summed E-state index contributed by atoms with van der Waals surface area (Å²) >= 11 is 0. The summed E-state index contributed by atoms with van der Waals surface area (Å²) in [7, 11) is 0. The van der Waals surface area contributed by atoms with Gasteiger partial charge in [-0.25, -0.2) is 4.79 Å². The van der Waals surface area contributed by atoms with Crippen LogP contribution in [-0.2, 0) is 5.92 Å². The van der Waals surface area contributed by atoms with Crippen LogP contribution in [0.1, 0.15) is 23.4 Å². The smallest absolute Gasteiger partial charge is 0.394 e. The van der Waals surface area contributed by atoms with Crippen LogP contribution in [0.5, 0.6) is 0 Å². The first-order valence-corrected chi connectivity index (χ1v) is 2.86. The van der Waals surface area contributed by atoms with Gasteiger partial charge in [-0.1, -0.05) is 5.16 Å². The molecule has 12 heavy (non-hydrogen) atoms. The second-order valence-corrected chi connectivity index (χ2v) is 2.12. The fourth-order valence-electron chi connectivity index (χ4n) is 0.489. The Hall–Kier alpha value is -1.53. The van der Waals surface area contributed by atoms with Crippen molar-refractivity contribution in [3.8, 4) is 0 Å². The van der Waals surface area contributed by atoms with Crippen LogP contribution in [0, 0.1) is 0 Å². The standard InChI is InChI=1S/C5H4F2N2O3/c1-5(6,7)4-8-2(3(10)11)12-9-4/h1H3,(H,10,11). The molecular weight excluding hydrogens is 174 g/mol. The van der Waals surface area contributed by atoms with E-state index in [0.717, 1.165) is 0 Å². The molecule has 1 aromatic heterocycles. The predicted molar refractivity (Wildman–Crippen MR) is 30.8 cm³/mol. The predicted octanol–water partition coefficient (Wildman–Crippen LogP) is 0.879. The van der Waals surface area contributed by atoms with E-state index in [1.165, 1.54) is 0 Å². The van der Waals surface area contributed by atoms with Crippen LogP contribution in [0.3, 0.4) is 0 Å². The van der Waals surface area contributed by atoms with Gasteiger partial charge < -0.3 is 9.63 Å². The van der Waals surface area contributed by atoms with Crippen molar-refractivity contribution in [1.82, 2.24) is 10.1 Å². The van der Waals surface area contributed by atoms with Crippen LogP contribution in [0.15, 0.2) is 4.52 Å². The van der Waals surface area contributed by atoms with Crippen LogP contribution in [0.4, 0.5) is 8.78 Å². The van der Waals surface area contributed by atoms with E-state index in [4.69, 9.17) is 5.11 Å². The van der Waals surface area contributed by atoms with E-state index >= 15 is 0 Å². The number of carboxylic acids is 1. The van der Waals surface area contributed by atoms with Gasteiger partial charge in [0.05, 0.1) is 0 Å². The van der Waals surface area contributed by atoms with Gasteiger partial charge in [-0.3, -0.25) is 0 Å². The molecule has 66 valence electrons. The Balaban J connectivity index is 3.00. The highest BCUT2D eigenvalue weighted by molar-refractivity contribution is 5.81. The first-order chi connectivity index (χ1) is 5.41. The zero-order valence-corrected chi connectivity index (χ0v) is 5.91. The first-order valence-electron chi connectivity index (χ1n) is 2.86. The van der Waals surface area contributed by atoms with Crippen LogP contribution >= 0.6 is 0 Å². The van der Waals surface area contributed by atoms with Gasteiger partial charge in [0.1, 0.15) is 0 Å². The molecule has 7 heteroatoms. The maximum Gasteiger partial charge on any atom is 0.394 e. The Morgan fingerprint density at radius 1 is 1.67 bits per heavy atom. The van der Waals surface area contributed by atoms with Gasteiger partial charge in [0, 0.05) is 6.92 Å². The zero-order chi connectivity index (χ0) is 9.35. The molecule has 0 aliphatic carbocycles. The summed E-state index contributed by atoms with van der Waals surface area (Å²) in [5.74, 6) is -6.58. The maximum absolute atomic E-state index is 12.4. The van der Waals surface area contributed by atoms with Crippen molar-refractivity contribution < 1.29 is 23.2 Å². The molecular formula is C5H4F2N2O3. The highest BCUT2D eigenvalue weighted by Crippen LogP contribution is 2.23. The third-order valence-corrected chi connectivity index (χ3v) is 1.00. The van der Waals surface area contributed by atoms with Gasteiger partial charge in [0.25, 0.3) is 0 Å². The number of alkyl halides is 2. The van der Waals surface area contributed by atoms with Gasteiger partial charge in [-0.15, -0.1) is 0 Å². The Morgan fingerprint density at radius 2 is 2.25 bits per heavy atom. The summed E-state index contributed by atoms with van der Waals surface area (Å²) in [6.07, 6.45) is 0. The number of nitrogens with zero attached hydrogens (tertiary/aromatic N) is 2. The maximum atomic E-state index is 12.4. The van der Waals surface area contributed by atoms with Gasteiger partial charge in [0.15, 0.2) is 0 Å². The minimum absolute atomic E-state index is 0.545. The summed E-state index contributed by atoms with van der Waals surface area (Å²) < 4.78 is 28.7. The molecule has 0 bridgehead atoms. The number of aromatic carboxylic acids is 1. The SMILES string of the molecule is CC(F)(F)c1noc(C(=O)O)n1. The van der Waals surface area contributed by atoms with Crippen molar-refractivity contribution in [2.75, 3.05) is 0 Å². The molecule has 1 aromatic rings. The monoisotopic (exact) mass is 178 g/mol. The molecule has 0 saturated heterocycles. The zero-order valence-electron chi connectivity index (χ0n) is 5.91.